The third kappa shape index (κ3) is 21.1. The lowest BCUT2D eigenvalue weighted by Crippen LogP contribution is -2.23. The zero-order chi connectivity index (χ0) is 28.3. The number of imidazole rings is 1. The average Bonchev–Trinajstić information content (AvgIpc) is 3.36. The van der Waals surface area contributed by atoms with Crippen LogP contribution in [0.5, 0.6) is 0 Å². The maximum absolute atomic E-state index is 2.35. The summed E-state index contributed by atoms with van der Waals surface area (Å²) < 4.78 is 4.49. The first kappa shape index (κ1) is 36.7. The first-order valence-corrected chi connectivity index (χ1v) is 20.5. The fourth-order valence-corrected chi connectivity index (χ4v) is 11.4. The van der Waals surface area contributed by atoms with Crippen LogP contribution in [0.4, 0.5) is 0 Å². The SMILES string of the molecule is CCCCCCCC[P+](CCCCCCCC)(CCCCCCCC)CCCCCCCCn1cc[n+](C)c1. The van der Waals surface area contributed by atoms with E-state index in [0.29, 0.717) is 0 Å². The summed E-state index contributed by atoms with van der Waals surface area (Å²) in [6, 6.07) is 0. The molecule has 230 valence electrons. The van der Waals surface area contributed by atoms with Crippen LogP contribution in [-0.2, 0) is 13.6 Å². The van der Waals surface area contributed by atoms with Crippen molar-refractivity contribution in [3.05, 3.63) is 18.7 Å². The van der Waals surface area contributed by atoms with Crippen LogP contribution >= 0.6 is 7.26 Å². The third-order valence-electron chi connectivity index (χ3n) is 9.08. The van der Waals surface area contributed by atoms with Gasteiger partial charge in [-0.15, -0.1) is 0 Å². The predicted molar refractivity (Wildman–Crippen MR) is 180 cm³/mol. The Morgan fingerprint density at radius 3 is 1.13 bits per heavy atom. The second-order valence-corrected chi connectivity index (χ2v) is 17.4. The molecule has 0 unspecified atom stereocenters. The molecule has 3 heteroatoms. The van der Waals surface area contributed by atoms with E-state index in [4.69, 9.17) is 0 Å². The van der Waals surface area contributed by atoms with Gasteiger partial charge in [0.1, 0.15) is 12.4 Å². The molecule has 0 bridgehead atoms. The average molecular weight is 565 g/mol. The Balaban J connectivity index is 2.51. The molecule has 1 aromatic rings. The molecule has 1 heterocycles. The Morgan fingerprint density at radius 1 is 0.462 bits per heavy atom. The van der Waals surface area contributed by atoms with Gasteiger partial charge in [-0.05, 0) is 64.2 Å². The first-order valence-electron chi connectivity index (χ1n) is 18.0. The van der Waals surface area contributed by atoms with Crippen molar-refractivity contribution in [2.75, 3.05) is 24.6 Å². The molecule has 0 aliphatic carbocycles. The fraction of sp³-hybridized carbons (Fsp3) is 0.917. The van der Waals surface area contributed by atoms with E-state index >= 15 is 0 Å². The van der Waals surface area contributed by atoms with Crippen molar-refractivity contribution in [3.8, 4) is 0 Å². The highest BCUT2D eigenvalue weighted by molar-refractivity contribution is 7.75. The first-order chi connectivity index (χ1) is 19.2. The maximum atomic E-state index is 2.35. The van der Waals surface area contributed by atoms with Gasteiger partial charge in [-0.25, -0.2) is 9.13 Å². The summed E-state index contributed by atoms with van der Waals surface area (Å²) in [7, 11) is 1.35. The summed E-state index contributed by atoms with van der Waals surface area (Å²) in [5, 5.41) is 0. The van der Waals surface area contributed by atoms with Crippen molar-refractivity contribution in [3.63, 3.8) is 0 Å². The molecule has 0 aromatic carbocycles. The van der Waals surface area contributed by atoms with E-state index in [-0.39, 0.29) is 0 Å². The van der Waals surface area contributed by atoms with E-state index in [1.54, 1.807) is 43.9 Å². The minimum atomic E-state index is -0.768. The van der Waals surface area contributed by atoms with Gasteiger partial charge in [-0.2, -0.15) is 0 Å². The van der Waals surface area contributed by atoms with Crippen molar-refractivity contribution in [2.45, 2.75) is 181 Å². The lowest BCUT2D eigenvalue weighted by molar-refractivity contribution is -0.671. The quantitative estimate of drug-likeness (QED) is 0.0499. The van der Waals surface area contributed by atoms with Crippen LogP contribution in [0.1, 0.15) is 175 Å². The van der Waals surface area contributed by atoms with Gasteiger partial charge in [-0.3, -0.25) is 0 Å². The maximum Gasteiger partial charge on any atom is 0.243 e. The van der Waals surface area contributed by atoms with Crippen LogP contribution in [0, 0.1) is 0 Å². The highest BCUT2D eigenvalue weighted by atomic mass is 31.2. The van der Waals surface area contributed by atoms with Crippen molar-refractivity contribution >= 4 is 7.26 Å². The molecule has 39 heavy (non-hydrogen) atoms. The van der Waals surface area contributed by atoms with Gasteiger partial charge in [0, 0.05) is 7.26 Å². The molecule has 0 saturated heterocycles. The summed E-state index contributed by atoms with van der Waals surface area (Å²) >= 11 is 0. The molecule has 2 nitrogen and oxygen atoms in total. The Kier molecular flexibility index (Phi) is 24.9. The van der Waals surface area contributed by atoms with E-state index in [1.165, 1.54) is 141 Å². The Hall–Kier alpha value is -0.360. The number of aryl methyl sites for hydroxylation is 2. The summed E-state index contributed by atoms with van der Waals surface area (Å²) in [4.78, 5) is 0. The molecule has 0 atom stereocenters. The lowest BCUT2D eigenvalue weighted by atomic mass is 10.1. The van der Waals surface area contributed by atoms with Gasteiger partial charge < -0.3 is 0 Å². The van der Waals surface area contributed by atoms with Crippen molar-refractivity contribution < 1.29 is 4.57 Å². The third-order valence-corrected chi connectivity index (χ3v) is 14.1. The van der Waals surface area contributed by atoms with Crippen molar-refractivity contribution in [1.82, 2.24) is 4.57 Å². The number of hydrogen-bond acceptors (Lipinski definition) is 0. The van der Waals surface area contributed by atoms with Crippen molar-refractivity contribution in [1.29, 1.82) is 0 Å². The summed E-state index contributed by atoms with van der Waals surface area (Å²) in [6.07, 6.45) is 48.2. The summed E-state index contributed by atoms with van der Waals surface area (Å²) in [6.45, 7) is 8.23. The highest BCUT2D eigenvalue weighted by Gasteiger charge is 2.34. The molecule has 0 N–H and O–H groups in total. The molecule has 0 spiro atoms. The van der Waals surface area contributed by atoms with E-state index in [2.05, 4.69) is 55.7 Å². The number of nitrogens with zero attached hydrogens (tertiary/aromatic N) is 2. The lowest BCUT2D eigenvalue weighted by Gasteiger charge is -2.28. The molecule has 0 saturated carbocycles. The largest absolute Gasteiger partial charge is 0.243 e. The highest BCUT2D eigenvalue weighted by Crippen LogP contribution is 2.61. The van der Waals surface area contributed by atoms with E-state index in [0.717, 1.165) is 0 Å². The Bertz CT molecular complexity index is 585. The van der Waals surface area contributed by atoms with Gasteiger partial charge in [-0.1, -0.05) is 111 Å². The molecule has 0 aliphatic heterocycles. The van der Waals surface area contributed by atoms with Gasteiger partial charge in [0.05, 0.1) is 38.2 Å². The summed E-state index contributed by atoms with van der Waals surface area (Å²) in [5.41, 5.74) is 0. The molecular formula is C36H73N2P+2. The van der Waals surface area contributed by atoms with Gasteiger partial charge in [0.25, 0.3) is 0 Å². The molecule has 0 amide bonds. The van der Waals surface area contributed by atoms with Gasteiger partial charge in [0.2, 0.25) is 6.33 Å². The molecule has 0 aliphatic rings. The monoisotopic (exact) mass is 565 g/mol. The minimum absolute atomic E-state index is 0.768. The normalized spacial score (nSPS) is 12.0. The fourth-order valence-electron chi connectivity index (χ4n) is 6.44. The molecular weight excluding hydrogens is 491 g/mol. The number of rotatable bonds is 30. The zero-order valence-corrected chi connectivity index (χ0v) is 28.5. The molecule has 0 radical (unpaired) electrons. The number of unbranched alkanes of at least 4 members (excludes halogenated alkanes) is 20. The summed E-state index contributed by atoms with van der Waals surface area (Å²) in [5.74, 6) is 0. The molecule has 1 aromatic heterocycles. The van der Waals surface area contributed by atoms with E-state index in [9.17, 15) is 0 Å². The van der Waals surface area contributed by atoms with E-state index < -0.39 is 7.26 Å². The Morgan fingerprint density at radius 2 is 0.795 bits per heavy atom. The van der Waals surface area contributed by atoms with Crippen LogP contribution in [-0.4, -0.2) is 29.2 Å². The Labute approximate surface area is 247 Å². The van der Waals surface area contributed by atoms with Crippen molar-refractivity contribution in [2.24, 2.45) is 7.05 Å². The van der Waals surface area contributed by atoms with Crippen LogP contribution in [0.3, 0.4) is 0 Å². The minimum Gasteiger partial charge on any atom is -0.240 e. The van der Waals surface area contributed by atoms with Gasteiger partial charge >= 0.3 is 0 Å². The topological polar surface area (TPSA) is 8.81 Å². The second-order valence-electron chi connectivity index (χ2n) is 13.0. The predicted octanol–water partition coefficient (Wildman–Crippen LogP) is 11.8. The van der Waals surface area contributed by atoms with Crippen LogP contribution in [0.25, 0.3) is 0 Å². The zero-order valence-electron chi connectivity index (χ0n) is 27.6. The number of hydrogen-bond donors (Lipinski definition) is 0. The standard InChI is InChI=1S/C36H73N2P/c1-5-8-11-14-20-25-32-39(33-26-21-15-12-9-6-2,34-27-22-16-13-10-7-3)35-28-23-18-17-19-24-29-38-31-30-37(4)36-38/h30-31,36H,5-29,32-35H2,1-4H3/q+2. The van der Waals surface area contributed by atoms with E-state index in [1.807, 2.05) is 0 Å². The molecule has 1 rings (SSSR count). The van der Waals surface area contributed by atoms with Crippen LogP contribution < -0.4 is 4.57 Å². The van der Waals surface area contributed by atoms with Gasteiger partial charge in [0.15, 0.2) is 0 Å². The second kappa shape index (κ2) is 26.5. The van der Waals surface area contributed by atoms with Crippen LogP contribution in [0.2, 0.25) is 0 Å². The van der Waals surface area contributed by atoms with Crippen LogP contribution in [0.15, 0.2) is 18.7 Å². The number of aromatic nitrogens is 2. The molecule has 0 fully saturated rings. The smallest absolute Gasteiger partial charge is 0.240 e.